The van der Waals surface area contributed by atoms with Crippen LogP contribution in [0.4, 0.5) is 0 Å². The number of carbonyl (C=O) groups is 1. The minimum atomic E-state index is 0.0135. The van der Waals surface area contributed by atoms with Gasteiger partial charge in [-0.3, -0.25) is 4.79 Å². The molecule has 2 aromatic carbocycles. The Kier molecular flexibility index (Phi) is 7.39. The first kappa shape index (κ1) is 21.0. The van der Waals surface area contributed by atoms with Gasteiger partial charge in [-0.25, -0.2) is 0 Å². The number of carbonyl (C=O) groups excluding carboxylic acids is 1. The van der Waals surface area contributed by atoms with Crippen molar-refractivity contribution in [2.24, 2.45) is 0 Å². The molecule has 0 bridgehead atoms. The predicted octanol–water partition coefficient (Wildman–Crippen LogP) is 4.93. The van der Waals surface area contributed by atoms with Crippen LogP contribution < -0.4 is 14.2 Å². The molecule has 29 heavy (non-hydrogen) atoms. The molecule has 0 aliphatic heterocycles. The molecule has 2 aromatic rings. The third-order valence-electron chi connectivity index (χ3n) is 5.47. The number of ether oxygens (including phenoxy) is 3. The highest BCUT2D eigenvalue weighted by Gasteiger charge is 2.22. The number of rotatable bonds is 8. The Morgan fingerprint density at radius 2 is 1.69 bits per heavy atom. The zero-order valence-corrected chi connectivity index (χ0v) is 17.6. The van der Waals surface area contributed by atoms with Crippen molar-refractivity contribution in [2.75, 3.05) is 27.4 Å². The van der Waals surface area contributed by atoms with Gasteiger partial charge in [0.2, 0.25) is 0 Å². The molecule has 1 aliphatic carbocycles. The standard InChI is InChI=1S/C24H31NO4/c1-4-28-21-12-8-9-18(13-21)19-14-22(27-3)16-23(15-19)29-17-24(26)25(2)20-10-6-5-7-11-20/h8-9,12-16,20H,4-7,10-11,17H2,1-3H3. The van der Waals surface area contributed by atoms with E-state index in [4.69, 9.17) is 14.2 Å². The molecule has 1 amide bonds. The van der Waals surface area contributed by atoms with Crippen LogP contribution in [0.3, 0.4) is 0 Å². The summed E-state index contributed by atoms with van der Waals surface area (Å²) in [4.78, 5) is 14.4. The summed E-state index contributed by atoms with van der Waals surface area (Å²) in [6, 6.07) is 13.9. The van der Waals surface area contributed by atoms with E-state index in [1.165, 1.54) is 19.3 Å². The van der Waals surface area contributed by atoms with E-state index in [0.717, 1.165) is 29.7 Å². The van der Waals surface area contributed by atoms with Gasteiger partial charge in [-0.2, -0.15) is 0 Å². The number of hydrogen-bond donors (Lipinski definition) is 0. The van der Waals surface area contributed by atoms with Gasteiger partial charge in [0.1, 0.15) is 17.2 Å². The summed E-state index contributed by atoms with van der Waals surface area (Å²) in [7, 11) is 3.51. The molecule has 0 saturated heterocycles. The maximum atomic E-state index is 12.6. The first-order chi connectivity index (χ1) is 14.1. The zero-order chi connectivity index (χ0) is 20.6. The second-order valence-corrected chi connectivity index (χ2v) is 7.44. The molecule has 156 valence electrons. The Hall–Kier alpha value is -2.69. The zero-order valence-electron chi connectivity index (χ0n) is 17.6. The highest BCUT2D eigenvalue weighted by atomic mass is 16.5. The third kappa shape index (κ3) is 5.66. The molecule has 0 aromatic heterocycles. The van der Waals surface area contributed by atoms with E-state index in [0.29, 0.717) is 24.1 Å². The lowest BCUT2D eigenvalue weighted by atomic mass is 9.94. The van der Waals surface area contributed by atoms with E-state index in [2.05, 4.69) is 0 Å². The molecule has 5 nitrogen and oxygen atoms in total. The van der Waals surface area contributed by atoms with Crippen molar-refractivity contribution >= 4 is 5.91 Å². The van der Waals surface area contributed by atoms with Gasteiger partial charge in [0.15, 0.2) is 6.61 Å². The average molecular weight is 398 g/mol. The topological polar surface area (TPSA) is 48.0 Å². The maximum absolute atomic E-state index is 12.6. The summed E-state index contributed by atoms with van der Waals surface area (Å²) in [5.41, 5.74) is 1.96. The highest BCUT2D eigenvalue weighted by molar-refractivity contribution is 5.78. The third-order valence-corrected chi connectivity index (χ3v) is 5.47. The lowest BCUT2D eigenvalue weighted by Gasteiger charge is -2.31. The summed E-state index contributed by atoms with van der Waals surface area (Å²) < 4.78 is 16.9. The number of methoxy groups -OCH3 is 1. The van der Waals surface area contributed by atoms with Crippen molar-refractivity contribution in [1.29, 1.82) is 0 Å². The van der Waals surface area contributed by atoms with Crippen molar-refractivity contribution in [2.45, 2.75) is 45.1 Å². The van der Waals surface area contributed by atoms with Crippen LogP contribution in [0, 0.1) is 0 Å². The monoisotopic (exact) mass is 397 g/mol. The summed E-state index contributed by atoms with van der Waals surface area (Å²) in [5, 5.41) is 0. The fourth-order valence-corrected chi connectivity index (χ4v) is 3.79. The lowest BCUT2D eigenvalue weighted by molar-refractivity contribution is -0.134. The number of hydrogen-bond acceptors (Lipinski definition) is 4. The van der Waals surface area contributed by atoms with Gasteiger partial charge in [0.25, 0.3) is 5.91 Å². The van der Waals surface area contributed by atoms with Gasteiger partial charge in [-0.05, 0) is 55.2 Å². The number of nitrogens with zero attached hydrogens (tertiary/aromatic N) is 1. The van der Waals surface area contributed by atoms with Gasteiger partial charge in [-0.1, -0.05) is 31.4 Å². The number of amides is 1. The number of likely N-dealkylation sites (N-methyl/N-ethyl adjacent to an activating group) is 1. The van der Waals surface area contributed by atoms with E-state index in [-0.39, 0.29) is 12.5 Å². The lowest BCUT2D eigenvalue weighted by Crippen LogP contribution is -2.40. The number of benzene rings is 2. The van der Waals surface area contributed by atoms with Crippen LogP contribution >= 0.6 is 0 Å². The molecule has 5 heteroatoms. The first-order valence-corrected chi connectivity index (χ1v) is 10.4. The Labute approximate surface area is 173 Å². The Morgan fingerprint density at radius 3 is 2.41 bits per heavy atom. The predicted molar refractivity (Wildman–Crippen MR) is 115 cm³/mol. The molecular formula is C24H31NO4. The van der Waals surface area contributed by atoms with Crippen molar-refractivity contribution in [3.8, 4) is 28.4 Å². The van der Waals surface area contributed by atoms with Crippen LogP contribution in [0.5, 0.6) is 17.2 Å². The first-order valence-electron chi connectivity index (χ1n) is 10.4. The molecule has 1 aliphatic rings. The van der Waals surface area contributed by atoms with Crippen molar-refractivity contribution in [3.05, 3.63) is 42.5 Å². The second kappa shape index (κ2) is 10.2. The molecule has 1 saturated carbocycles. The second-order valence-electron chi connectivity index (χ2n) is 7.44. The molecule has 0 N–H and O–H groups in total. The Morgan fingerprint density at radius 1 is 0.966 bits per heavy atom. The minimum absolute atomic E-state index is 0.0135. The molecule has 0 spiro atoms. The van der Waals surface area contributed by atoms with E-state index in [1.54, 1.807) is 7.11 Å². The van der Waals surface area contributed by atoms with Crippen LogP contribution in [0.15, 0.2) is 42.5 Å². The van der Waals surface area contributed by atoms with Crippen molar-refractivity contribution < 1.29 is 19.0 Å². The van der Waals surface area contributed by atoms with E-state index < -0.39 is 0 Å². The van der Waals surface area contributed by atoms with Gasteiger partial charge in [0, 0.05) is 19.2 Å². The molecule has 0 heterocycles. The quantitative estimate of drug-likeness (QED) is 0.634. The van der Waals surface area contributed by atoms with E-state index >= 15 is 0 Å². The minimum Gasteiger partial charge on any atom is -0.497 e. The van der Waals surface area contributed by atoms with Crippen LogP contribution in [-0.4, -0.2) is 44.2 Å². The van der Waals surface area contributed by atoms with Gasteiger partial charge < -0.3 is 19.1 Å². The molecule has 1 fully saturated rings. The summed E-state index contributed by atoms with van der Waals surface area (Å²) in [5.74, 6) is 2.14. The summed E-state index contributed by atoms with van der Waals surface area (Å²) >= 11 is 0. The Bertz CT molecular complexity index is 814. The fourth-order valence-electron chi connectivity index (χ4n) is 3.79. The normalized spacial score (nSPS) is 14.3. The van der Waals surface area contributed by atoms with E-state index in [1.807, 2.05) is 61.3 Å². The van der Waals surface area contributed by atoms with Gasteiger partial charge in [0.05, 0.1) is 13.7 Å². The van der Waals surface area contributed by atoms with Gasteiger partial charge >= 0.3 is 0 Å². The molecule has 0 radical (unpaired) electrons. The average Bonchev–Trinajstić information content (AvgIpc) is 2.77. The summed E-state index contributed by atoms with van der Waals surface area (Å²) in [6.45, 7) is 2.61. The van der Waals surface area contributed by atoms with E-state index in [9.17, 15) is 4.79 Å². The summed E-state index contributed by atoms with van der Waals surface area (Å²) in [6.07, 6.45) is 5.84. The van der Waals surface area contributed by atoms with Crippen LogP contribution in [-0.2, 0) is 4.79 Å². The van der Waals surface area contributed by atoms with Crippen LogP contribution in [0.25, 0.3) is 11.1 Å². The SMILES string of the molecule is CCOc1cccc(-c2cc(OC)cc(OCC(=O)N(C)C3CCCCC3)c2)c1. The Balaban J connectivity index is 1.71. The van der Waals surface area contributed by atoms with Crippen molar-refractivity contribution in [1.82, 2.24) is 4.90 Å². The highest BCUT2D eigenvalue weighted by Crippen LogP contribution is 2.31. The fraction of sp³-hybridized carbons (Fsp3) is 0.458. The van der Waals surface area contributed by atoms with Gasteiger partial charge in [-0.15, -0.1) is 0 Å². The largest absolute Gasteiger partial charge is 0.497 e. The van der Waals surface area contributed by atoms with Crippen LogP contribution in [0.1, 0.15) is 39.0 Å². The van der Waals surface area contributed by atoms with Crippen molar-refractivity contribution in [3.63, 3.8) is 0 Å². The maximum Gasteiger partial charge on any atom is 0.260 e. The van der Waals surface area contributed by atoms with Crippen LogP contribution in [0.2, 0.25) is 0 Å². The molecule has 3 rings (SSSR count). The molecular weight excluding hydrogens is 366 g/mol. The smallest absolute Gasteiger partial charge is 0.260 e. The molecule has 0 atom stereocenters. The molecule has 0 unspecified atom stereocenters.